The van der Waals surface area contributed by atoms with Crippen LogP contribution in [0, 0.1) is 0 Å². The number of carbonyl (C=O) groups excluding carboxylic acids is 4. The van der Waals surface area contributed by atoms with Gasteiger partial charge in [0.2, 0.25) is 5.91 Å². The Bertz CT molecular complexity index is 1320. The zero-order chi connectivity index (χ0) is 28.7. The molecule has 1 aliphatic heterocycles. The molecule has 0 saturated heterocycles. The smallest absolute Gasteiger partial charge is 0.355 e. The molecule has 2 aromatic carbocycles. The van der Waals surface area contributed by atoms with Gasteiger partial charge in [-0.3, -0.25) is 9.69 Å². The summed E-state index contributed by atoms with van der Waals surface area (Å²) in [6, 6.07) is 13.3. The van der Waals surface area contributed by atoms with Crippen molar-refractivity contribution in [1.82, 2.24) is 0 Å². The Labute approximate surface area is 234 Å². The molecule has 0 saturated carbocycles. The van der Waals surface area contributed by atoms with Gasteiger partial charge in [-0.2, -0.15) is 0 Å². The van der Waals surface area contributed by atoms with Crippen LogP contribution in [0.15, 0.2) is 75.7 Å². The van der Waals surface area contributed by atoms with Crippen LogP contribution in [0.4, 0.5) is 11.4 Å². The maximum Gasteiger partial charge on any atom is 0.355 e. The lowest BCUT2D eigenvalue weighted by molar-refractivity contribution is -0.142. The van der Waals surface area contributed by atoms with E-state index in [-0.39, 0.29) is 48.4 Å². The highest BCUT2D eigenvalue weighted by atomic mass is 79.9. The average molecular weight is 600 g/mol. The summed E-state index contributed by atoms with van der Waals surface area (Å²) in [5, 5.41) is 2.67. The van der Waals surface area contributed by atoms with E-state index in [1.807, 2.05) is 0 Å². The van der Waals surface area contributed by atoms with E-state index in [9.17, 15) is 19.2 Å². The van der Waals surface area contributed by atoms with Crippen molar-refractivity contribution >= 4 is 51.1 Å². The molecule has 0 bridgehead atoms. The van der Waals surface area contributed by atoms with Crippen LogP contribution in [0.1, 0.15) is 39.2 Å². The summed E-state index contributed by atoms with van der Waals surface area (Å²) >= 11 is 3.39. The molecule has 1 atom stereocenters. The fraction of sp³-hybridized carbons (Fsp3) is 0.286. The van der Waals surface area contributed by atoms with Crippen molar-refractivity contribution in [3.63, 3.8) is 0 Å². The maximum absolute atomic E-state index is 13.6. The van der Waals surface area contributed by atoms with Crippen LogP contribution >= 0.6 is 15.9 Å². The Morgan fingerprint density at radius 3 is 1.85 bits per heavy atom. The van der Waals surface area contributed by atoms with Crippen LogP contribution in [0.2, 0.25) is 0 Å². The van der Waals surface area contributed by atoms with Gasteiger partial charge in [0.1, 0.15) is 11.5 Å². The predicted octanol–water partition coefficient (Wildman–Crippen LogP) is 4.13. The summed E-state index contributed by atoms with van der Waals surface area (Å²) in [5.74, 6) is -3.93. The number of nitrogens with one attached hydrogen (secondary N) is 1. The van der Waals surface area contributed by atoms with Gasteiger partial charge in [0, 0.05) is 22.8 Å². The maximum atomic E-state index is 13.6. The average Bonchev–Trinajstić information content (AvgIpc) is 2.89. The molecule has 0 aromatic heterocycles. The standard InChI is InChI=1S/C28H30BrN3O7/c1-5-37-26(34)22-21(17-8-12-19(13-9-17)31-16(4)33)23(27(35)38-6-2)25(30)32(24(22)28(36)39-7-3)20-14-10-18(29)11-15-20/h8-15,21H,5-7,30H2,1-4H3,(H,31,33). The summed E-state index contributed by atoms with van der Waals surface area (Å²) in [6.45, 7) is 6.37. The number of hydrogen-bond donors (Lipinski definition) is 2. The molecule has 0 aliphatic carbocycles. The number of nitrogens with zero attached hydrogens (tertiary/aromatic N) is 1. The number of halogens is 1. The van der Waals surface area contributed by atoms with E-state index in [1.54, 1.807) is 69.3 Å². The van der Waals surface area contributed by atoms with Crippen molar-refractivity contribution in [2.75, 3.05) is 30.0 Å². The number of ether oxygens (including phenoxy) is 3. The van der Waals surface area contributed by atoms with E-state index in [4.69, 9.17) is 19.9 Å². The second-order valence-corrected chi connectivity index (χ2v) is 9.19. The van der Waals surface area contributed by atoms with E-state index in [2.05, 4.69) is 21.2 Å². The zero-order valence-electron chi connectivity index (χ0n) is 22.1. The highest BCUT2D eigenvalue weighted by molar-refractivity contribution is 9.10. The fourth-order valence-corrected chi connectivity index (χ4v) is 4.46. The van der Waals surface area contributed by atoms with E-state index < -0.39 is 23.8 Å². The van der Waals surface area contributed by atoms with E-state index in [0.717, 1.165) is 4.47 Å². The number of rotatable bonds is 9. The highest BCUT2D eigenvalue weighted by Gasteiger charge is 2.45. The van der Waals surface area contributed by atoms with Crippen molar-refractivity contribution in [2.45, 2.75) is 33.6 Å². The van der Waals surface area contributed by atoms with Crippen molar-refractivity contribution in [1.29, 1.82) is 0 Å². The third kappa shape index (κ3) is 6.48. The highest BCUT2D eigenvalue weighted by Crippen LogP contribution is 2.44. The van der Waals surface area contributed by atoms with Crippen LogP contribution in [0.3, 0.4) is 0 Å². The second-order valence-electron chi connectivity index (χ2n) is 8.27. The van der Waals surface area contributed by atoms with Crippen LogP contribution in [0.25, 0.3) is 0 Å². The third-order valence-electron chi connectivity index (χ3n) is 5.68. The molecular formula is C28H30BrN3O7. The Hall–Kier alpha value is -4.12. The van der Waals surface area contributed by atoms with Crippen molar-refractivity contribution in [3.05, 3.63) is 81.2 Å². The molecule has 1 heterocycles. The Morgan fingerprint density at radius 1 is 0.821 bits per heavy atom. The Kier molecular flexibility index (Phi) is 9.89. The first-order valence-electron chi connectivity index (χ1n) is 12.3. The van der Waals surface area contributed by atoms with Gasteiger partial charge >= 0.3 is 17.9 Å². The molecular weight excluding hydrogens is 570 g/mol. The Balaban J connectivity index is 2.40. The second kappa shape index (κ2) is 13.1. The largest absolute Gasteiger partial charge is 0.463 e. The van der Waals surface area contributed by atoms with Crippen LogP contribution in [-0.2, 0) is 33.4 Å². The van der Waals surface area contributed by atoms with Crippen LogP contribution in [0.5, 0.6) is 0 Å². The molecule has 0 spiro atoms. The van der Waals surface area contributed by atoms with Gasteiger partial charge in [0.15, 0.2) is 0 Å². The molecule has 0 radical (unpaired) electrons. The Morgan fingerprint density at radius 2 is 1.33 bits per heavy atom. The first-order valence-corrected chi connectivity index (χ1v) is 13.1. The summed E-state index contributed by atoms with van der Waals surface area (Å²) in [5.41, 5.74) is 7.63. The number of benzene rings is 2. The number of hydrogen-bond acceptors (Lipinski definition) is 9. The van der Waals surface area contributed by atoms with Gasteiger partial charge in [-0.15, -0.1) is 0 Å². The molecule has 3 rings (SSSR count). The molecule has 206 valence electrons. The zero-order valence-corrected chi connectivity index (χ0v) is 23.7. The predicted molar refractivity (Wildman–Crippen MR) is 148 cm³/mol. The third-order valence-corrected chi connectivity index (χ3v) is 6.21. The first kappa shape index (κ1) is 29.4. The van der Waals surface area contributed by atoms with Gasteiger partial charge in [0.05, 0.1) is 36.9 Å². The van der Waals surface area contributed by atoms with Crippen molar-refractivity contribution in [3.8, 4) is 0 Å². The van der Waals surface area contributed by atoms with Crippen molar-refractivity contribution in [2.24, 2.45) is 5.73 Å². The lowest BCUT2D eigenvalue weighted by Crippen LogP contribution is -2.43. The number of amides is 1. The quantitative estimate of drug-likeness (QED) is 0.322. The molecule has 1 unspecified atom stereocenters. The minimum absolute atomic E-state index is 0.0127. The van der Waals surface area contributed by atoms with Gasteiger partial charge in [0.25, 0.3) is 0 Å². The number of carbonyl (C=O) groups is 4. The summed E-state index contributed by atoms with van der Waals surface area (Å²) in [6.07, 6.45) is 0. The molecule has 11 heteroatoms. The monoisotopic (exact) mass is 599 g/mol. The fourth-order valence-electron chi connectivity index (χ4n) is 4.20. The summed E-state index contributed by atoms with van der Waals surface area (Å²) < 4.78 is 16.9. The van der Waals surface area contributed by atoms with Crippen LogP contribution in [-0.4, -0.2) is 43.6 Å². The van der Waals surface area contributed by atoms with Gasteiger partial charge in [-0.05, 0) is 62.7 Å². The minimum atomic E-state index is -1.14. The number of nitrogens with two attached hydrogens (primary N) is 1. The number of esters is 3. The van der Waals surface area contributed by atoms with Crippen LogP contribution < -0.4 is 16.0 Å². The van der Waals surface area contributed by atoms with Gasteiger partial charge in [-0.25, -0.2) is 14.4 Å². The minimum Gasteiger partial charge on any atom is -0.463 e. The SMILES string of the molecule is CCOC(=O)C1=C(N)N(c2ccc(Br)cc2)C(C(=O)OCC)=C(C(=O)OCC)C1c1ccc(NC(C)=O)cc1. The normalized spacial score (nSPS) is 15.1. The van der Waals surface area contributed by atoms with E-state index >= 15 is 0 Å². The van der Waals surface area contributed by atoms with E-state index in [0.29, 0.717) is 16.9 Å². The topological polar surface area (TPSA) is 137 Å². The molecule has 1 amide bonds. The molecule has 10 nitrogen and oxygen atoms in total. The lowest BCUT2D eigenvalue weighted by atomic mass is 9.80. The lowest BCUT2D eigenvalue weighted by Gasteiger charge is -2.37. The first-order chi connectivity index (χ1) is 18.6. The van der Waals surface area contributed by atoms with Gasteiger partial charge < -0.3 is 25.3 Å². The molecule has 2 aromatic rings. The molecule has 39 heavy (non-hydrogen) atoms. The molecule has 3 N–H and O–H groups in total. The number of anilines is 2. The van der Waals surface area contributed by atoms with Gasteiger partial charge in [-0.1, -0.05) is 28.1 Å². The van der Waals surface area contributed by atoms with Crippen molar-refractivity contribution < 1.29 is 33.4 Å². The summed E-state index contributed by atoms with van der Waals surface area (Å²) in [7, 11) is 0. The molecule has 1 aliphatic rings. The summed E-state index contributed by atoms with van der Waals surface area (Å²) in [4.78, 5) is 53.3. The molecule has 0 fully saturated rings. The van der Waals surface area contributed by atoms with E-state index in [1.165, 1.54) is 11.8 Å².